The molecule has 29 heavy (non-hydrogen) atoms. The molecule has 4 rings (SSSR count). The van der Waals surface area contributed by atoms with E-state index in [1.165, 1.54) is 25.1 Å². The third kappa shape index (κ3) is 2.29. The number of hydrogen-bond acceptors (Lipinski definition) is 8. The van der Waals surface area contributed by atoms with Crippen LogP contribution in [0.2, 0.25) is 0 Å². The number of aliphatic hydroxyl groups excluding tert-OH is 2. The smallest absolute Gasteiger partial charge is 0.230 e. The van der Waals surface area contributed by atoms with Crippen LogP contribution in [0.3, 0.4) is 0 Å². The van der Waals surface area contributed by atoms with Gasteiger partial charge >= 0.3 is 0 Å². The quantitative estimate of drug-likeness (QED) is 0.332. The van der Waals surface area contributed by atoms with Crippen LogP contribution in [-0.2, 0) is 20.0 Å². The Kier molecular flexibility index (Phi) is 3.97. The van der Waals surface area contributed by atoms with Gasteiger partial charge in [-0.1, -0.05) is 12.1 Å². The molecule has 0 bridgehead atoms. The molecule has 2 unspecified atom stereocenters. The van der Waals surface area contributed by atoms with Crippen molar-refractivity contribution in [3.05, 3.63) is 34.9 Å². The van der Waals surface area contributed by atoms with Crippen LogP contribution in [0.1, 0.15) is 30.9 Å². The van der Waals surface area contributed by atoms with Crippen LogP contribution in [0.4, 0.5) is 0 Å². The van der Waals surface area contributed by atoms with E-state index >= 15 is 0 Å². The van der Waals surface area contributed by atoms with Gasteiger partial charge < -0.3 is 31.3 Å². The molecule has 9 heteroatoms. The first-order valence-electron chi connectivity index (χ1n) is 9.21. The molecular weight excluding hydrogens is 382 g/mol. The number of Topliss-reactive ketones (excluding diaryl/α,β-unsaturated/α-hetero) is 2. The predicted octanol–water partition coefficient (Wildman–Crippen LogP) is -0.746. The first-order chi connectivity index (χ1) is 13.4. The van der Waals surface area contributed by atoms with Gasteiger partial charge in [-0.15, -0.1) is 0 Å². The molecule has 7 N–H and O–H groups in total. The molecule has 2 saturated carbocycles. The van der Waals surface area contributed by atoms with Gasteiger partial charge in [-0.05, 0) is 31.4 Å². The third-order valence-electron chi connectivity index (χ3n) is 6.68. The number of phenolic OH excluding ortho intramolecular Hbond substituents is 1. The number of hydrogen-bond donors (Lipinski definition) is 6. The van der Waals surface area contributed by atoms with Crippen LogP contribution in [0.5, 0.6) is 5.75 Å². The van der Waals surface area contributed by atoms with Gasteiger partial charge in [0.15, 0.2) is 11.4 Å². The first kappa shape index (κ1) is 19.6. The van der Waals surface area contributed by atoms with Crippen LogP contribution in [0.15, 0.2) is 23.8 Å². The number of carbonyl (C=O) groups excluding carboxylic acids is 3. The maximum atomic E-state index is 13.3. The zero-order chi connectivity index (χ0) is 21.5. The predicted molar refractivity (Wildman–Crippen MR) is 97.1 cm³/mol. The van der Waals surface area contributed by atoms with E-state index in [-0.39, 0.29) is 29.7 Å². The van der Waals surface area contributed by atoms with Crippen molar-refractivity contribution in [1.82, 2.24) is 0 Å². The summed E-state index contributed by atoms with van der Waals surface area (Å²) >= 11 is 0. The summed E-state index contributed by atoms with van der Waals surface area (Å²) in [5, 5.41) is 53.5. The number of amides is 1. The van der Waals surface area contributed by atoms with E-state index in [4.69, 9.17) is 5.73 Å². The highest BCUT2D eigenvalue weighted by molar-refractivity contribution is 6.24. The van der Waals surface area contributed by atoms with E-state index in [0.717, 1.165) is 0 Å². The average Bonchev–Trinajstić information content (AvgIpc) is 2.62. The van der Waals surface area contributed by atoms with Crippen molar-refractivity contribution in [3.63, 3.8) is 0 Å². The van der Waals surface area contributed by atoms with Crippen molar-refractivity contribution < 1.29 is 39.9 Å². The molecule has 3 aliphatic carbocycles. The fraction of sp³-hybridized carbons (Fsp3) is 0.450. The Hall–Kier alpha value is -2.75. The number of aromatic hydroxyl groups is 1. The Labute approximate surface area is 165 Å². The van der Waals surface area contributed by atoms with Crippen molar-refractivity contribution in [2.45, 2.75) is 37.1 Å². The van der Waals surface area contributed by atoms with Gasteiger partial charge in [0.2, 0.25) is 11.7 Å². The van der Waals surface area contributed by atoms with Gasteiger partial charge in [0, 0.05) is 17.4 Å². The second kappa shape index (κ2) is 5.88. The van der Waals surface area contributed by atoms with Crippen LogP contribution in [0, 0.1) is 17.8 Å². The number of carbonyl (C=O) groups is 3. The van der Waals surface area contributed by atoms with Crippen molar-refractivity contribution >= 4 is 23.2 Å². The molecule has 0 radical (unpaired) electrons. The van der Waals surface area contributed by atoms with E-state index in [2.05, 4.69) is 0 Å². The van der Waals surface area contributed by atoms with Gasteiger partial charge in [0.1, 0.15) is 17.4 Å². The van der Waals surface area contributed by atoms with Gasteiger partial charge in [0.25, 0.3) is 0 Å². The van der Waals surface area contributed by atoms with E-state index in [1.807, 2.05) is 0 Å². The van der Waals surface area contributed by atoms with E-state index < -0.39 is 63.9 Å². The zero-order valence-electron chi connectivity index (χ0n) is 15.5. The third-order valence-corrected chi connectivity index (χ3v) is 6.68. The average molecular weight is 403 g/mol. The molecule has 0 aliphatic heterocycles. The Morgan fingerprint density at radius 1 is 1.17 bits per heavy atom. The highest BCUT2D eigenvalue weighted by Crippen LogP contribution is 2.56. The van der Waals surface area contributed by atoms with Crippen LogP contribution >= 0.6 is 0 Å². The molecular formula is C20H21NO8. The molecule has 1 amide bonds. The number of fused-ring (bicyclic) bond motifs is 3. The monoisotopic (exact) mass is 403 g/mol. The van der Waals surface area contributed by atoms with Gasteiger partial charge in [-0.25, -0.2) is 0 Å². The standard InChI is InChI=1S/C20H21NO8/c1-19(28)8-3-2-4-10(22)12(8)15(24)13-9(19)5-7-6-11(23)14(18(21)27)17(26)20(7,29)16(13)25/h2-4,7,9,11,14,22-24,28-29H,5-6H2,1H3,(H2,21,27)/t7-,9-,11?,14?,19+,20-/m0/s1. The largest absolute Gasteiger partial charge is 0.507 e. The number of rotatable bonds is 1. The zero-order valence-corrected chi connectivity index (χ0v) is 15.5. The highest BCUT2D eigenvalue weighted by Gasteiger charge is 2.66. The molecule has 9 nitrogen and oxygen atoms in total. The fourth-order valence-corrected chi connectivity index (χ4v) is 5.18. The van der Waals surface area contributed by atoms with Crippen LogP contribution < -0.4 is 5.73 Å². The minimum atomic E-state index is -2.67. The molecule has 2 fully saturated rings. The van der Waals surface area contributed by atoms with Crippen LogP contribution in [0.25, 0.3) is 5.76 Å². The second-order valence-corrected chi connectivity index (χ2v) is 8.24. The van der Waals surface area contributed by atoms with E-state index in [1.54, 1.807) is 0 Å². The summed E-state index contributed by atoms with van der Waals surface area (Å²) in [7, 11) is 0. The summed E-state index contributed by atoms with van der Waals surface area (Å²) in [6.07, 6.45) is -1.84. The summed E-state index contributed by atoms with van der Waals surface area (Å²) < 4.78 is 0. The van der Waals surface area contributed by atoms with Crippen LogP contribution in [-0.4, -0.2) is 54.7 Å². The van der Waals surface area contributed by atoms with Crippen molar-refractivity contribution in [2.24, 2.45) is 23.5 Å². The Morgan fingerprint density at radius 3 is 2.45 bits per heavy atom. The van der Waals surface area contributed by atoms with Crippen molar-refractivity contribution in [2.75, 3.05) is 0 Å². The molecule has 6 atom stereocenters. The number of ketones is 2. The molecule has 0 heterocycles. The summed E-state index contributed by atoms with van der Waals surface area (Å²) in [6.45, 7) is 1.41. The fourth-order valence-electron chi connectivity index (χ4n) is 5.18. The maximum Gasteiger partial charge on any atom is 0.230 e. The SMILES string of the molecule is C[C@@]1(O)c2cccc(O)c2C(O)=C2C(=O)[C@]3(O)C(=O)C(C(N)=O)C(O)C[C@@H]3C[C@@H]21. The van der Waals surface area contributed by atoms with Gasteiger partial charge in [0.05, 0.1) is 17.3 Å². The number of nitrogens with two attached hydrogens (primary N) is 1. The summed E-state index contributed by atoms with van der Waals surface area (Å²) in [5.41, 5.74) is 0.449. The minimum Gasteiger partial charge on any atom is -0.507 e. The van der Waals surface area contributed by atoms with Crippen molar-refractivity contribution in [1.29, 1.82) is 0 Å². The Balaban J connectivity index is 1.94. The molecule has 0 aromatic heterocycles. The summed E-state index contributed by atoms with van der Waals surface area (Å²) in [6, 6.07) is 4.24. The highest BCUT2D eigenvalue weighted by atomic mass is 16.3. The van der Waals surface area contributed by atoms with E-state index in [0.29, 0.717) is 0 Å². The topological polar surface area (TPSA) is 178 Å². The lowest BCUT2D eigenvalue weighted by Crippen LogP contribution is -2.67. The number of aliphatic hydroxyl groups is 4. The first-order valence-corrected chi connectivity index (χ1v) is 9.21. The molecule has 3 aliphatic rings. The number of phenols is 1. The molecule has 0 spiro atoms. The summed E-state index contributed by atoms with van der Waals surface area (Å²) in [4.78, 5) is 37.8. The lowest BCUT2D eigenvalue weighted by atomic mass is 9.53. The minimum absolute atomic E-state index is 0.113. The van der Waals surface area contributed by atoms with E-state index in [9.17, 15) is 39.9 Å². The lowest BCUT2D eigenvalue weighted by molar-refractivity contribution is -0.178. The second-order valence-electron chi connectivity index (χ2n) is 8.24. The lowest BCUT2D eigenvalue weighted by Gasteiger charge is -2.51. The van der Waals surface area contributed by atoms with Gasteiger partial charge in [-0.3, -0.25) is 14.4 Å². The Morgan fingerprint density at radius 2 is 1.83 bits per heavy atom. The normalized spacial score (nSPS) is 38.9. The molecule has 1 aromatic rings. The summed E-state index contributed by atoms with van der Waals surface area (Å²) in [5.74, 6) is -8.41. The molecule has 154 valence electrons. The molecule has 0 saturated heterocycles. The maximum absolute atomic E-state index is 13.3. The Bertz CT molecular complexity index is 996. The van der Waals surface area contributed by atoms with Crippen molar-refractivity contribution in [3.8, 4) is 5.75 Å². The molecule has 1 aromatic carbocycles. The number of benzene rings is 1. The number of primary amides is 1. The van der Waals surface area contributed by atoms with Gasteiger partial charge in [-0.2, -0.15) is 0 Å².